The first-order valence-corrected chi connectivity index (χ1v) is 2.91. The van der Waals surface area contributed by atoms with Gasteiger partial charge in [-0.2, -0.15) is 10.4 Å². The van der Waals surface area contributed by atoms with Crippen molar-refractivity contribution in [1.29, 1.82) is 5.26 Å². The van der Waals surface area contributed by atoms with Crippen LogP contribution in [0.25, 0.3) is 0 Å². The number of nitrogens with zero attached hydrogens (tertiary/aromatic N) is 2. The molecular weight excluding hydrogens is 144 g/mol. The predicted octanol–water partition coefficient (Wildman–Crippen LogP) is 0.0662. The molecule has 0 saturated carbocycles. The van der Waals surface area contributed by atoms with Gasteiger partial charge in [0.25, 0.3) is 0 Å². The minimum absolute atomic E-state index is 0.0673. The number of hydrogen-bond acceptors (Lipinski definition) is 4. The molecule has 0 saturated heterocycles. The number of anilines is 1. The zero-order valence-electron chi connectivity index (χ0n) is 5.88. The fraction of sp³-hybridized carbons (Fsp3) is 0.167. The van der Waals surface area contributed by atoms with Crippen LogP contribution in [-0.4, -0.2) is 16.0 Å². The summed E-state index contributed by atoms with van der Waals surface area (Å²) in [6.45, 7) is 1.34. The molecule has 3 N–H and O–H groups in total. The lowest BCUT2D eigenvalue weighted by Gasteiger charge is -1.86. The maximum Gasteiger partial charge on any atom is 0.178 e. The fourth-order valence-corrected chi connectivity index (χ4v) is 0.724. The van der Waals surface area contributed by atoms with Crippen LogP contribution in [0, 0.1) is 11.3 Å². The van der Waals surface area contributed by atoms with E-state index in [0.717, 1.165) is 0 Å². The molecule has 0 fully saturated rings. The van der Waals surface area contributed by atoms with Gasteiger partial charge in [-0.1, -0.05) is 0 Å². The molecule has 0 unspecified atom stereocenters. The molecule has 11 heavy (non-hydrogen) atoms. The highest BCUT2D eigenvalue weighted by molar-refractivity contribution is 5.95. The smallest absolute Gasteiger partial charge is 0.178 e. The molecule has 1 heterocycles. The van der Waals surface area contributed by atoms with E-state index >= 15 is 0 Å². The summed E-state index contributed by atoms with van der Waals surface area (Å²) in [5.74, 6) is -0.177. The number of rotatable bonds is 1. The number of nitrogen functional groups attached to an aromatic ring is 1. The molecular formula is C6H6N4O. The van der Waals surface area contributed by atoms with E-state index in [0.29, 0.717) is 0 Å². The minimum atomic E-state index is -0.245. The Morgan fingerprint density at radius 2 is 2.45 bits per heavy atom. The number of nitrogens with one attached hydrogen (secondary N) is 1. The van der Waals surface area contributed by atoms with E-state index in [1.807, 2.05) is 0 Å². The molecule has 0 atom stereocenters. The fourth-order valence-electron chi connectivity index (χ4n) is 0.724. The van der Waals surface area contributed by atoms with Crippen LogP contribution in [0.15, 0.2) is 0 Å². The number of H-pyrrole nitrogens is 1. The maximum absolute atomic E-state index is 10.8. The van der Waals surface area contributed by atoms with E-state index in [9.17, 15) is 4.79 Å². The second-order valence-electron chi connectivity index (χ2n) is 2.03. The zero-order valence-corrected chi connectivity index (χ0v) is 5.88. The summed E-state index contributed by atoms with van der Waals surface area (Å²) in [4.78, 5) is 10.8. The van der Waals surface area contributed by atoms with Gasteiger partial charge in [-0.05, 0) is 0 Å². The number of aromatic amines is 1. The van der Waals surface area contributed by atoms with E-state index in [1.165, 1.54) is 6.92 Å². The van der Waals surface area contributed by atoms with E-state index in [2.05, 4.69) is 10.2 Å². The molecule has 0 aromatic carbocycles. The van der Waals surface area contributed by atoms with E-state index < -0.39 is 0 Å². The highest BCUT2D eigenvalue weighted by Gasteiger charge is 2.12. The highest BCUT2D eigenvalue weighted by atomic mass is 16.1. The van der Waals surface area contributed by atoms with Crippen LogP contribution in [0.3, 0.4) is 0 Å². The standard InChI is InChI=1S/C6H6N4O/c1-3(11)5-4(2-7)6(8)10-9-5/h1H3,(H3,8,9,10). The Labute approximate surface area is 62.8 Å². The van der Waals surface area contributed by atoms with Crippen LogP contribution >= 0.6 is 0 Å². The SMILES string of the molecule is CC(=O)c1[nH]nc(N)c1C#N. The van der Waals surface area contributed by atoms with Crippen LogP contribution in [0.2, 0.25) is 0 Å². The second-order valence-corrected chi connectivity index (χ2v) is 2.03. The third-order valence-electron chi connectivity index (χ3n) is 1.26. The predicted molar refractivity (Wildman–Crippen MR) is 37.7 cm³/mol. The second kappa shape index (κ2) is 2.42. The molecule has 0 spiro atoms. The first-order chi connectivity index (χ1) is 5.16. The van der Waals surface area contributed by atoms with Crippen molar-refractivity contribution in [2.75, 3.05) is 5.73 Å². The van der Waals surface area contributed by atoms with Crippen molar-refractivity contribution >= 4 is 11.6 Å². The number of nitrogens with two attached hydrogens (primary N) is 1. The van der Waals surface area contributed by atoms with Crippen LogP contribution in [0.1, 0.15) is 23.0 Å². The van der Waals surface area contributed by atoms with Crippen molar-refractivity contribution < 1.29 is 4.79 Å². The van der Waals surface area contributed by atoms with Crippen molar-refractivity contribution in [2.45, 2.75) is 6.92 Å². The molecule has 5 nitrogen and oxygen atoms in total. The number of nitriles is 1. The highest BCUT2D eigenvalue weighted by Crippen LogP contribution is 2.11. The molecule has 56 valence electrons. The van der Waals surface area contributed by atoms with Gasteiger partial charge in [0.1, 0.15) is 17.3 Å². The molecule has 0 aliphatic carbocycles. The van der Waals surface area contributed by atoms with Gasteiger partial charge in [-0.3, -0.25) is 9.89 Å². The van der Waals surface area contributed by atoms with Gasteiger partial charge in [0.15, 0.2) is 11.6 Å². The first kappa shape index (κ1) is 7.28. The number of ketones is 1. The summed E-state index contributed by atoms with van der Waals surface area (Å²) in [6, 6.07) is 1.79. The monoisotopic (exact) mass is 150 g/mol. The molecule has 0 bridgehead atoms. The van der Waals surface area contributed by atoms with E-state index in [-0.39, 0.29) is 22.9 Å². The molecule has 0 radical (unpaired) electrons. The summed E-state index contributed by atoms with van der Waals surface area (Å²) < 4.78 is 0. The Bertz CT molecular complexity index is 333. The van der Waals surface area contributed by atoms with Crippen molar-refractivity contribution in [2.24, 2.45) is 0 Å². The number of carbonyl (C=O) groups is 1. The molecule has 0 aliphatic heterocycles. The molecule has 1 rings (SSSR count). The van der Waals surface area contributed by atoms with Crippen LogP contribution in [0.5, 0.6) is 0 Å². The largest absolute Gasteiger partial charge is 0.381 e. The average molecular weight is 150 g/mol. The van der Waals surface area contributed by atoms with Crippen LogP contribution < -0.4 is 5.73 Å². The normalized spacial score (nSPS) is 9.09. The third-order valence-corrected chi connectivity index (χ3v) is 1.26. The summed E-state index contributed by atoms with van der Waals surface area (Å²) in [6.07, 6.45) is 0. The Morgan fingerprint density at radius 3 is 2.82 bits per heavy atom. The quantitative estimate of drug-likeness (QED) is 0.553. The van der Waals surface area contributed by atoms with Crippen molar-refractivity contribution in [3.63, 3.8) is 0 Å². The summed E-state index contributed by atoms with van der Waals surface area (Å²) >= 11 is 0. The van der Waals surface area contributed by atoms with E-state index in [1.54, 1.807) is 6.07 Å². The topological polar surface area (TPSA) is 95.6 Å². The number of carbonyl (C=O) groups excluding carboxylic acids is 1. The van der Waals surface area contributed by atoms with Gasteiger partial charge in [-0.25, -0.2) is 0 Å². The molecule has 0 amide bonds. The van der Waals surface area contributed by atoms with Gasteiger partial charge in [0, 0.05) is 6.92 Å². The zero-order chi connectivity index (χ0) is 8.43. The van der Waals surface area contributed by atoms with Gasteiger partial charge in [0.05, 0.1) is 0 Å². The van der Waals surface area contributed by atoms with Crippen molar-refractivity contribution in [3.05, 3.63) is 11.3 Å². The molecule has 0 aliphatic rings. The van der Waals surface area contributed by atoms with Gasteiger partial charge < -0.3 is 5.73 Å². The van der Waals surface area contributed by atoms with Crippen molar-refractivity contribution in [1.82, 2.24) is 10.2 Å². The summed E-state index contributed by atoms with van der Waals surface area (Å²) in [7, 11) is 0. The number of hydrogen-bond donors (Lipinski definition) is 2. The van der Waals surface area contributed by atoms with Crippen LogP contribution in [-0.2, 0) is 0 Å². The summed E-state index contributed by atoms with van der Waals surface area (Å²) in [5.41, 5.74) is 5.57. The van der Waals surface area contributed by atoms with Gasteiger partial charge in [-0.15, -0.1) is 0 Å². The van der Waals surface area contributed by atoms with E-state index in [4.69, 9.17) is 11.0 Å². The summed E-state index contributed by atoms with van der Waals surface area (Å²) in [5, 5.41) is 14.4. The maximum atomic E-state index is 10.8. The lowest BCUT2D eigenvalue weighted by Crippen LogP contribution is -1.96. The number of aromatic nitrogens is 2. The molecule has 5 heteroatoms. The Balaban J connectivity index is 3.30. The third kappa shape index (κ3) is 1.05. The first-order valence-electron chi connectivity index (χ1n) is 2.91. The Morgan fingerprint density at radius 1 is 1.82 bits per heavy atom. The Hall–Kier alpha value is -1.83. The molecule has 1 aromatic heterocycles. The van der Waals surface area contributed by atoms with Crippen LogP contribution in [0.4, 0.5) is 5.82 Å². The minimum Gasteiger partial charge on any atom is -0.381 e. The Kier molecular flexibility index (Phi) is 1.60. The van der Waals surface area contributed by atoms with Gasteiger partial charge in [0.2, 0.25) is 0 Å². The lowest BCUT2D eigenvalue weighted by molar-refractivity contribution is 0.101. The lowest BCUT2D eigenvalue weighted by atomic mass is 10.2. The average Bonchev–Trinajstić information content (AvgIpc) is 2.30. The van der Waals surface area contributed by atoms with Crippen molar-refractivity contribution in [3.8, 4) is 6.07 Å². The molecule has 1 aromatic rings. The van der Waals surface area contributed by atoms with Gasteiger partial charge >= 0.3 is 0 Å². The number of Topliss-reactive ketones (excluding diaryl/α,β-unsaturated/α-hetero) is 1.